The number of nitrogens with zero attached hydrogens (tertiary/aromatic N) is 3. The van der Waals surface area contributed by atoms with Crippen LogP contribution in [0.2, 0.25) is 0 Å². The Labute approximate surface area is 198 Å². The summed E-state index contributed by atoms with van der Waals surface area (Å²) in [6.07, 6.45) is 0. The molecule has 0 amide bonds. The third kappa shape index (κ3) is 4.54. The molecule has 3 aromatic rings. The number of benzene rings is 1. The van der Waals surface area contributed by atoms with Gasteiger partial charge in [-0.05, 0) is 23.6 Å². The summed E-state index contributed by atoms with van der Waals surface area (Å²) in [6, 6.07) is 11.9. The second-order valence-corrected chi connectivity index (χ2v) is 14.2. The average Bonchev–Trinajstić information content (AvgIpc) is 3.54. The summed E-state index contributed by atoms with van der Waals surface area (Å²) in [5.74, 6) is 0.506. The fraction of sp³-hybridized carbons (Fsp3) is 0.381. The van der Waals surface area contributed by atoms with Crippen molar-refractivity contribution in [2.75, 3.05) is 49.0 Å². The van der Waals surface area contributed by atoms with Gasteiger partial charge in [-0.3, -0.25) is 9.30 Å². The van der Waals surface area contributed by atoms with Crippen molar-refractivity contribution in [3.05, 3.63) is 47.5 Å². The summed E-state index contributed by atoms with van der Waals surface area (Å²) in [7, 11) is -2.27. The van der Waals surface area contributed by atoms with Gasteiger partial charge >= 0.3 is 0 Å². The smallest absolute Gasteiger partial charge is 0.163 e. The van der Waals surface area contributed by atoms with Crippen molar-refractivity contribution < 1.29 is 12.6 Å². The standard InChI is InChI=1S/C21H24N4O3S4/c1-24(31(26)19-6-3-9-29-19)18-5-2-4-15-12-17(23-20(15)18)21-22-13-16(30-21)14-25-7-10-32(27,28)11-8-25/h2-6,9,12,16,23H,7-8,10-11,13-14H2,1H3. The first-order chi connectivity index (χ1) is 15.4. The average molecular weight is 509 g/mol. The van der Waals surface area contributed by atoms with Crippen molar-refractivity contribution >= 4 is 65.6 Å². The molecule has 0 bridgehead atoms. The van der Waals surface area contributed by atoms with Crippen molar-refractivity contribution in [2.45, 2.75) is 9.46 Å². The van der Waals surface area contributed by atoms with Crippen molar-refractivity contribution in [2.24, 2.45) is 4.99 Å². The Balaban J connectivity index is 1.30. The molecule has 170 valence electrons. The van der Waals surface area contributed by atoms with Gasteiger partial charge in [0, 0.05) is 37.3 Å². The van der Waals surface area contributed by atoms with E-state index in [2.05, 4.69) is 16.0 Å². The van der Waals surface area contributed by atoms with Gasteiger partial charge in [0.05, 0.1) is 34.9 Å². The van der Waals surface area contributed by atoms with Gasteiger partial charge in [0.15, 0.2) is 20.8 Å². The summed E-state index contributed by atoms with van der Waals surface area (Å²) in [4.78, 5) is 10.5. The van der Waals surface area contributed by atoms with Crippen LogP contribution in [0.15, 0.2) is 51.0 Å². The maximum atomic E-state index is 12.9. The number of fused-ring (bicyclic) bond motifs is 1. The number of hydrogen-bond donors (Lipinski definition) is 1. The fourth-order valence-corrected chi connectivity index (χ4v) is 8.47. The number of hydrogen-bond acceptors (Lipinski definition) is 7. The summed E-state index contributed by atoms with van der Waals surface area (Å²) >= 11 is 3.23. The van der Waals surface area contributed by atoms with Crippen LogP contribution in [-0.2, 0) is 20.8 Å². The van der Waals surface area contributed by atoms with E-state index < -0.39 is 20.8 Å². The molecular weight excluding hydrogens is 485 g/mol. The second-order valence-electron chi connectivity index (χ2n) is 7.94. The molecule has 11 heteroatoms. The Morgan fingerprint density at radius 1 is 1.25 bits per heavy atom. The van der Waals surface area contributed by atoms with E-state index in [1.54, 1.807) is 16.1 Å². The minimum absolute atomic E-state index is 0.253. The molecular formula is C21H24N4O3S4. The van der Waals surface area contributed by atoms with E-state index in [1.165, 1.54) is 11.3 Å². The number of nitrogens with one attached hydrogen (secondary N) is 1. The monoisotopic (exact) mass is 508 g/mol. The minimum Gasteiger partial charge on any atom is -0.351 e. The van der Waals surface area contributed by atoms with Crippen LogP contribution in [0.4, 0.5) is 5.69 Å². The summed E-state index contributed by atoms with van der Waals surface area (Å²) < 4.78 is 38.9. The van der Waals surface area contributed by atoms with Gasteiger partial charge in [-0.15, -0.1) is 11.3 Å². The number of anilines is 1. The first-order valence-corrected chi connectivity index (χ1v) is 15.0. The van der Waals surface area contributed by atoms with Crippen LogP contribution in [0.25, 0.3) is 10.9 Å². The number of rotatable bonds is 6. The fourth-order valence-electron chi connectivity index (χ4n) is 3.99. The summed E-state index contributed by atoms with van der Waals surface area (Å²) in [5, 5.41) is 4.29. The van der Waals surface area contributed by atoms with Gasteiger partial charge in [-0.1, -0.05) is 30.0 Å². The predicted octanol–water partition coefficient (Wildman–Crippen LogP) is 2.98. The van der Waals surface area contributed by atoms with E-state index >= 15 is 0 Å². The number of sulfone groups is 1. The predicted molar refractivity (Wildman–Crippen MR) is 135 cm³/mol. The van der Waals surface area contributed by atoms with E-state index in [1.807, 2.05) is 42.8 Å². The maximum Gasteiger partial charge on any atom is 0.163 e. The molecule has 1 N–H and O–H groups in total. The van der Waals surface area contributed by atoms with Crippen LogP contribution in [0, 0.1) is 0 Å². The molecule has 4 heterocycles. The lowest BCUT2D eigenvalue weighted by atomic mass is 10.2. The highest BCUT2D eigenvalue weighted by molar-refractivity contribution is 8.15. The molecule has 0 saturated carbocycles. The van der Waals surface area contributed by atoms with Crippen LogP contribution in [-0.4, -0.2) is 77.5 Å². The van der Waals surface area contributed by atoms with Crippen LogP contribution in [0.5, 0.6) is 0 Å². The van der Waals surface area contributed by atoms with Gasteiger partial charge < -0.3 is 9.88 Å². The number of aromatic nitrogens is 1. The Bertz CT molecular complexity index is 1270. The molecule has 0 spiro atoms. The lowest BCUT2D eigenvalue weighted by Gasteiger charge is -2.28. The molecule has 2 aliphatic heterocycles. The van der Waals surface area contributed by atoms with E-state index in [0.29, 0.717) is 18.3 Å². The second kappa shape index (κ2) is 8.94. The number of thioether (sulfide) groups is 1. The van der Waals surface area contributed by atoms with Crippen molar-refractivity contribution in [3.8, 4) is 0 Å². The highest BCUT2D eigenvalue weighted by atomic mass is 32.2. The van der Waals surface area contributed by atoms with Crippen LogP contribution >= 0.6 is 23.1 Å². The molecule has 2 aromatic heterocycles. The zero-order valence-electron chi connectivity index (χ0n) is 17.6. The number of para-hydroxylation sites is 1. The summed E-state index contributed by atoms with van der Waals surface area (Å²) in [5.41, 5.74) is 2.80. The Kier molecular flexibility index (Phi) is 6.19. The maximum absolute atomic E-state index is 12.9. The topological polar surface area (TPSA) is 85.8 Å². The van der Waals surface area contributed by atoms with Crippen molar-refractivity contribution in [3.63, 3.8) is 0 Å². The number of aromatic amines is 1. The van der Waals surface area contributed by atoms with Gasteiger partial charge in [0.1, 0.15) is 9.25 Å². The summed E-state index contributed by atoms with van der Waals surface area (Å²) in [6.45, 7) is 2.80. The molecule has 5 rings (SSSR count). The highest BCUT2D eigenvalue weighted by Gasteiger charge is 2.28. The van der Waals surface area contributed by atoms with Crippen LogP contribution < -0.4 is 4.31 Å². The molecule has 0 radical (unpaired) electrons. The largest absolute Gasteiger partial charge is 0.351 e. The first kappa shape index (κ1) is 22.1. The van der Waals surface area contributed by atoms with Crippen molar-refractivity contribution in [1.82, 2.24) is 9.88 Å². The molecule has 32 heavy (non-hydrogen) atoms. The van der Waals surface area contributed by atoms with Gasteiger partial charge in [-0.25, -0.2) is 12.6 Å². The molecule has 1 saturated heterocycles. The van der Waals surface area contributed by atoms with Gasteiger partial charge in [-0.2, -0.15) is 0 Å². The zero-order chi connectivity index (χ0) is 22.3. The van der Waals surface area contributed by atoms with Crippen LogP contribution in [0.3, 0.4) is 0 Å². The number of thiophene rings is 1. The molecule has 1 aromatic carbocycles. The van der Waals surface area contributed by atoms with Gasteiger partial charge in [0.2, 0.25) is 0 Å². The Hall–Kier alpha value is -1.66. The third-order valence-corrected chi connectivity index (χ3v) is 11.1. The molecule has 2 atom stereocenters. The van der Waals surface area contributed by atoms with E-state index in [0.717, 1.165) is 44.6 Å². The molecule has 2 aliphatic rings. The SMILES string of the molecule is CN(c1cccc2cc(C3=NCC(CN4CCS(=O)(=O)CC4)S3)[nH]c12)S(=O)c1cccs1. The quantitative estimate of drug-likeness (QED) is 0.553. The molecule has 0 aliphatic carbocycles. The van der Waals surface area contributed by atoms with Gasteiger partial charge in [0.25, 0.3) is 0 Å². The van der Waals surface area contributed by atoms with E-state index in [9.17, 15) is 12.6 Å². The minimum atomic E-state index is -2.86. The third-order valence-electron chi connectivity index (χ3n) is 5.74. The lowest BCUT2D eigenvalue weighted by molar-refractivity contribution is 0.298. The Morgan fingerprint density at radius 3 is 2.81 bits per heavy atom. The van der Waals surface area contributed by atoms with Crippen molar-refractivity contribution in [1.29, 1.82) is 0 Å². The first-order valence-electron chi connectivity index (χ1n) is 10.3. The molecule has 1 fully saturated rings. The van der Waals surface area contributed by atoms with E-state index in [4.69, 9.17) is 4.99 Å². The highest BCUT2D eigenvalue weighted by Crippen LogP contribution is 2.33. The Morgan fingerprint density at radius 2 is 2.06 bits per heavy atom. The molecule has 2 unspecified atom stereocenters. The number of H-pyrrole nitrogens is 1. The zero-order valence-corrected chi connectivity index (χ0v) is 20.8. The van der Waals surface area contributed by atoms with E-state index in [-0.39, 0.29) is 11.5 Å². The lowest BCUT2D eigenvalue weighted by Crippen LogP contribution is -2.43. The normalized spacial score (nSPS) is 22.2. The number of aliphatic imine (C=N–C) groups is 1. The molecule has 7 nitrogen and oxygen atoms in total. The van der Waals surface area contributed by atoms with Crippen LogP contribution in [0.1, 0.15) is 5.69 Å².